The van der Waals surface area contributed by atoms with Gasteiger partial charge in [-0.15, -0.1) is 11.3 Å². The Morgan fingerprint density at radius 2 is 1.92 bits per heavy atom. The van der Waals surface area contributed by atoms with E-state index in [0.717, 1.165) is 10.4 Å². The van der Waals surface area contributed by atoms with Crippen molar-refractivity contribution in [3.05, 3.63) is 74.2 Å². The van der Waals surface area contributed by atoms with E-state index < -0.39 is 0 Å². The number of nitrogens with one attached hydrogen (secondary N) is 1. The van der Waals surface area contributed by atoms with Gasteiger partial charge >= 0.3 is 0 Å². The number of hydrogen-bond acceptors (Lipinski definition) is 4. The number of carbonyl (C=O) groups is 1. The molecule has 134 valence electrons. The fourth-order valence-electron chi connectivity index (χ4n) is 2.18. The monoisotopic (exact) mass is 426 g/mol. The van der Waals surface area contributed by atoms with Gasteiger partial charge in [0.25, 0.3) is 5.91 Å². The Bertz CT molecular complexity index is 930. The normalized spacial score (nSPS) is 10.6. The lowest BCUT2D eigenvalue weighted by atomic mass is 10.1. The van der Waals surface area contributed by atoms with Crippen LogP contribution < -0.4 is 10.1 Å². The molecule has 0 saturated carbocycles. The van der Waals surface area contributed by atoms with Crippen LogP contribution >= 0.6 is 46.1 Å². The topological polar surface area (TPSA) is 51.2 Å². The second-order valence-corrected chi connectivity index (χ2v) is 7.75. The average molecular weight is 428 g/mol. The first kappa shape index (κ1) is 19.0. The molecule has 0 aliphatic heterocycles. The molecule has 2 aromatic carbocycles. The van der Waals surface area contributed by atoms with Crippen molar-refractivity contribution in [2.75, 3.05) is 11.9 Å². The molecule has 0 aliphatic carbocycles. The highest BCUT2D eigenvalue weighted by Crippen LogP contribution is 2.28. The van der Waals surface area contributed by atoms with Crippen molar-refractivity contribution in [2.24, 2.45) is 0 Å². The summed E-state index contributed by atoms with van der Waals surface area (Å²) in [6, 6.07) is 12.4. The predicted octanol–water partition coefficient (Wildman–Crippen LogP) is 5.71. The number of rotatable bonds is 6. The third-order valence-electron chi connectivity index (χ3n) is 3.32. The molecule has 3 aromatic rings. The molecule has 8 heteroatoms. The molecule has 1 amide bonds. The number of amides is 1. The summed E-state index contributed by atoms with van der Waals surface area (Å²) in [6.07, 6.45) is 2.43. The minimum Gasteiger partial charge on any atom is -0.482 e. The Morgan fingerprint density at radius 1 is 1.12 bits per heavy atom. The van der Waals surface area contributed by atoms with E-state index in [2.05, 4.69) is 10.3 Å². The van der Waals surface area contributed by atoms with Crippen molar-refractivity contribution >= 4 is 57.2 Å². The SMILES string of the molecule is O=C(COc1cc(Cl)ccc1Cl)Nc1ncc(Cc2cccc(Cl)c2)s1. The van der Waals surface area contributed by atoms with Gasteiger partial charge in [0.2, 0.25) is 0 Å². The van der Waals surface area contributed by atoms with Gasteiger partial charge in [-0.25, -0.2) is 4.98 Å². The van der Waals surface area contributed by atoms with Crippen molar-refractivity contribution in [2.45, 2.75) is 6.42 Å². The van der Waals surface area contributed by atoms with Crippen LogP contribution in [0.4, 0.5) is 5.13 Å². The highest BCUT2D eigenvalue weighted by atomic mass is 35.5. The van der Waals surface area contributed by atoms with Crippen LogP contribution in [0.2, 0.25) is 15.1 Å². The van der Waals surface area contributed by atoms with E-state index in [-0.39, 0.29) is 12.5 Å². The predicted molar refractivity (Wildman–Crippen MR) is 107 cm³/mol. The molecular formula is C18H13Cl3N2O2S. The molecule has 0 fully saturated rings. The number of benzene rings is 2. The van der Waals surface area contributed by atoms with E-state index in [0.29, 0.717) is 32.4 Å². The fourth-order valence-corrected chi connectivity index (χ4v) is 3.59. The first-order valence-corrected chi connectivity index (χ1v) is 9.51. The Labute approximate surface area is 169 Å². The van der Waals surface area contributed by atoms with Crippen LogP contribution in [0.25, 0.3) is 0 Å². The number of anilines is 1. The van der Waals surface area contributed by atoms with E-state index in [4.69, 9.17) is 39.5 Å². The highest BCUT2D eigenvalue weighted by Gasteiger charge is 2.10. The molecule has 1 heterocycles. The number of nitrogens with zero attached hydrogens (tertiary/aromatic N) is 1. The Hall–Kier alpha value is -1.79. The van der Waals surface area contributed by atoms with Crippen LogP contribution in [0.15, 0.2) is 48.7 Å². The molecule has 0 radical (unpaired) electrons. The lowest BCUT2D eigenvalue weighted by Gasteiger charge is -2.07. The largest absolute Gasteiger partial charge is 0.482 e. The lowest BCUT2D eigenvalue weighted by Crippen LogP contribution is -2.20. The molecule has 0 saturated heterocycles. The Morgan fingerprint density at radius 3 is 2.73 bits per heavy atom. The summed E-state index contributed by atoms with van der Waals surface area (Å²) in [6.45, 7) is -0.191. The maximum Gasteiger partial charge on any atom is 0.264 e. The minimum absolute atomic E-state index is 0.191. The van der Waals surface area contributed by atoms with Gasteiger partial charge in [0.1, 0.15) is 5.75 Å². The van der Waals surface area contributed by atoms with Crippen molar-refractivity contribution in [3.63, 3.8) is 0 Å². The van der Waals surface area contributed by atoms with Gasteiger partial charge < -0.3 is 4.74 Å². The van der Waals surface area contributed by atoms with Crippen molar-refractivity contribution in [1.29, 1.82) is 0 Å². The van der Waals surface area contributed by atoms with Crippen molar-refractivity contribution in [3.8, 4) is 5.75 Å². The van der Waals surface area contributed by atoms with Crippen LogP contribution in [-0.2, 0) is 11.2 Å². The van der Waals surface area contributed by atoms with Gasteiger partial charge in [0, 0.05) is 33.6 Å². The second kappa shape index (κ2) is 8.73. The zero-order valence-corrected chi connectivity index (χ0v) is 16.4. The van der Waals surface area contributed by atoms with Gasteiger partial charge in [-0.2, -0.15) is 0 Å². The van der Waals surface area contributed by atoms with Crippen LogP contribution in [0.1, 0.15) is 10.4 Å². The zero-order chi connectivity index (χ0) is 18.5. The Balaban J connectivity index is 1.55. The minimum atomic E-state index is -0.329. The molecule has 3 rings (SSSR count). The van der Waals surface area contributed by atoms with Crippen LogP contribution in [0.3, 0.4) is 0 Å². The maximum atomic E-state index is 12.0. The molecule has 4 nitrogen and oxygen atoms in total. The third-order valence-corrected chi connectivity index (χ3v) is 5.01. The summed E-state index contributed by atoms with van der Waals surface area (Å²) in [7, 11) is 0. The van der Waals surface area contributed by atoms with Crippen molar-refractivity contribution < 1.29 is 9.53 Å². The summed E-state index contributed by atoms with van der Waals surface area (Å²) in [4.78, 5) is 17.3. The summed E-state index contributed by atoms with van der Waals surface area (Å²) in [5.41, 5.74) is 1.08. The third kappa shape index (κ3) is 5.35. The summed E-state index contributed by atoms with van der Waals surface area (Å²) in [5, 5.41) is 4.78. The first-order valence-electron chi connectivity index (χ1n) is 7.56. The number of hydrogen-bond donors (Lipinski definition) is 1. The first-order chi connectivity index (χ1) is 12.5. The molecule has 0 unspecified atom stereocenters. The van der Waals surface area contributed by atoms with E-state index >= 15 is 0 Å². The maximum absolute atomic E-state index is 12.0. The molecule has 1 N–H and O–H groups in total. The van der Waals surface area contributed by atoms with E-state index in [1.807, 2.05) is 24.3 Å². The zero-order valence-electron chi connectivity index (χ0n) is 13.3. The number of ether oxygens (including phenoxy) is 1. The summed E-state index contributed by atoms with van der Waals surface area (Å²) in [5.74, 6) is 0.0276. The number of thiazole rings is 1. The van der Waals surface area contributed by atoms with Gasteiger partial charge in [-0.1, -0.05) is 46.9 Å². The second-order valence-electron chi connectivity index (χ2n) is 5.35. The standard InChI is InChI=1S/C18H13Cl3N2O2S/c19-12-3-1-2-11(6-12)7-14-9-22-18(26-14)23-17(24)10-25-16-8-13(20)4-5-15(16)21/h1-6,8-9H,7,10H2,(H,22,23,24). The smallest absolute Gasteiger partial charge is 0.264 e. The van der Waals surface area contributed by atoms with E-state index in [1.54, 1.807) is 24.4 Å². The van der Waals surface area contributed by atoms with E-state index in [9.17, 15) is 4.79 Å². The molecular weight excluding hydrogens is 415 g/mol. The summed E-state index contributed by atoms with van der Waals surface area (Å²) >= 11 is 19.3. The van der Waals surface area contributed by atoms with Crippen LogP contribution in [0.5, 0.6) is 5.75 Å². The van der Waals surface area contributed by atoms with Crippen molar-refractivity contribution in [1.82, 2.24) is 4.98 Å². The number of carbonyl (C=O) groups excluding carboxylic acids is 1. The molecule has 0 spiro atoms. The van der Waals surface area contributed by atoms with Gasteiger partial charge in [0.05, 0.1) is 5.02 Å². The van der Waals surface area contributed by atoms with E-state index in [1.165, 1.54) is 11.3 Å². The quantitative estimate of drug-likeness (QED) is 0.548. The molecule has 26 heavy (non-hydrogen) atoms. The fraction of sp³-hybridized carbons (Fsp3) is 0.111. The Kier molecular flexibility index (Phi) is 6.38. The summed E-state index contributed by atoms with van der Waals surface area (Å²) < 4.78 is 5.40. The number of aromatic nitrogens is 1. The van der Waals surface area contributed by atoms with Gasteiger partial charge in [-0.05, 0) is 29.8 Å². The van der Waals surface area contributed by atoms with Crippen LogP contribution in [-0.4, -0.2) is 17.5 Å². The molecule has 0 bridgehead atoms. The number of halogens is 3. The van der Waals surface area contributed by atoms with Crippen LogP contribution in [0, 0.1) is 0 Å². The average Bonchev–Trinajstić information content (AvgIpc) is 3.02. The lowest BCUT2D eigenvalue weighted by molar-refractivity contribution is -0.118. The molecule has 0 aliphatic rings. The molecule has 0 atom stereocenters. The van der Waals surface area contributed by atoms with Gasteiger partial charge in [0.15, 0.2) is 11.7 Å². The van der Waals surface area contributed by atoms with Gasteiger partial charge in [-0.3, -0.25) is 10.1 Å². The highest BCUT2D eigenvalue weighted by molar-refractivity contribution is 7.15. The molecule has 1 aromatic heterocycles.